The minimum absolute atomic E-state index is 0.105. The van der Waals surface area contributed by atoms with E-state index in [1.54, 1.807) is 7.11 Å². The Kier molecular flexibility index (Phi) is 9.00. The second-order valence-corrected chi connectivity index (χ2v) is 13.2. The number of carbonyl (C=O) groups excluding carboxylic acids is 1. The normalized spacial score (nSPS) is 15.4. The second kappa shape index (κ2) is 12.5. The van der Waals surface area contributed by atoms with Gasteiger partial charge >= 0.3 is 5.97 Å². The number of amides is 1. The van der Waals surface area contributed by atoms with Crippen LogP contribution in [0.15, 0.2) is 24.3 Å². The Morgan fingerprint density at radius 3 is 2.24 bits per heavy atom. The van der Waals surface area contributed by atoms with Gasteiger partial charge in [-0.25, -0.2) is 9.18 Å². The fraction of sp³-hybridized carbons (Fsp3) is 0.459. The summed E-state index contributed by atoms with van der Waals surface area (Å²) < 4.78 is 33.1. The van der Waals surface area contributed by atoms with Gasteiger partial charge in [0.25, 0.3) is 5.91 Å². The maximum absolute atomic E-state index is 15.7. The van der Waals surface area contributed by atoms with Crippen molar-refractivity contribution in [2.45, 2.75) is 85.9 Å². The molecule has 1 N–H and O–H groups in total. The molecule has 3 aromatic carbocycles. The highest BCUT2D eigenvalue weighted by molar-refractivity contribution is 5.97. The molecule has 2 aliphatic heterocycles. The Morgan fingerprint density at radius 1 is 0.956 bits per heavy atom. The zero-order chi connectivity index (χ0) is 32.8. The maximum atomic E-state index is 15.7. The number of halogens is 1. The van der Waals surface area contributed by atoms with E-state index in [9.17, 15) is 14.7 Å². The number of ether oxygens (including phenoxy) is 3. The minimum Gasteiger partial charge on any atom is -0.496 e. The molecular weight excluding hydrogens is 573 g/mol. The molecule has 2 heterocycles. The van der Waals surface area contributed by atoms with Gasteiger partial charge in [-0.3, -0.25) is 4.79 Å². The zero-order valence-corrected chi connectivity index (χ0v) is 27.7. The number of aliphatic carboxylic acids is 1. The molecule has 0 fully saturated rings. The lowest BCUT2D eigenvalue weighted by Crippen LogP contribution is -2.33. The predicted molar refractivity (Wildman–Crippen MR) is 172 cm³/mol. The monoisotopic (exact) mass is 617 g/mol. The van der Waals surface area contributed by atoms with Crippen LogP contribution in [0.5, 0.6) is 11.5 Å². The highest BCUT2D eigenvalue weighted by Crippen LogP contribution is 2.46. The van der Waals surface area contributed by atoms with Gasteiger partial charge in [-0.2, -0.15) is 0 Å². The van der Waals surface area contributed by atoms with Crippen LogP contribution in [-0.2, 0) is 28.8 Å². The largest absolute Gasteiger partial charge is 0.496 e. The number of benzene rings is 3. The molecule has 0 unspecified atom stereocenters. The number of carboxylic acids is 1. The minimum atomic E-state index is -1.28. The van der Waals surface area contributed by atoms with Crippen LogP contribution in [-0.4, -0.2) is 54.3 Å². The third-order valence-corrected chi connectivity index (χ3v) is 9.12. The molecule has 240 valence electrons. The molecule has 45 heavy (non-hydrogen) atoms. The van der Waals surface area contributed by atoms with Gasteiger partial charge in [-0.15, -0.1) is 0 Å². The van der Waals surface area contributed by atoms with Gasteiger partial charge in [-0.05, 0) is 131 Å². The van der Waals surface area contributed by atoms with Crippen LogP contribution in [0.25, 0.3) is 11.1 Å². The fourth-order valence-electron chi connectivity index (χ4n) is 6.98. The summed E-state index contributed by atoms with van der Waals surface area (Å²) in [6.45, 7) is 14.7. The van der Waals surface area contributed by atoms with E-state index in [4.69, 9.17) is 14.2 Å². The van der Waals surface area contributed by atoms with Gasteiger partial charge in [0.05, 0.1) is 24.9 Å². The molecule has 1 amide bonds. The number of nitrogens with zero attached hydrogens (tertiary/aromatic N) is 1. The van der Waals surface area contributed by atoms with E-state index in [0.717, 1.165) is 45.4 Å². The van der Waals surface area contributed by atoms with E-state index in [-0.39, 0.29) is 11.7 Å². The summed E-state index contributed by atoms with van der Waals surface area (Å²) in [6.07, 6.45) is 1.30. The number of methoxy groups -OCH3 is 1. The molecule has 0 aliphatic carbocycles. The summed E-state index contributed by atoms with van der Waals surface area (Å²) >= 11 is 0. The summed E-state index contributed by atoms with van der Waals surface area (Å²) in [5.74, 6) is -0.844. The van der Waals surface area contributed by atoms with Gasteiger partial charge in [0.15, 0.2) is 17.7 Å². The first-order chi connectivity index (χ1) is 21.2. The summed E-state index contributed by atoms with van der Waals surface area (Å²) in [6, 6.07) is 7.07. The van der Waals surface area contributed by atoms with Crippen LogP contribution in [0.4, 0.5) is 4.39 Å². The number of carbonyl (C=O) groups is 2. The lowest BCUT2D eigenvalue weighted by atomic mass is 9.79. The molecule has 3 aromatic rings. The number of rotatable bonds is 6. The number of aryl methyl sites for hydroxylation is 1. The summed E-state index contributed by atoms with van der Waals surface area (Å²) in [4.78, 5) is 28.6. The van der Waals surface area contributed by atoms with Crippen molar-refractivity contribution in [2.75, 3.05) is 26.8 Å². The molecule has 0 saturated heterocycles. The molecule has 0 saturated carbocycles. The standard InChI is InChI=1S/C37H44FNO6/c1-20-11-12-30(43-8)28(18-20)35(40)39-15-13-24-22(3)31(27-19-29(38)33-26(21(27)2)10-9-17-44-33)32(23(4)25(24)14-16-39)34(36(41)42)45-37(5,6)7/h11-12,18-19,34H,9-10,13-17H2,1-8H3,(H,41,42)/t34-/m0/s1. The molecule has 8 heteroatoms. The first-order valence-electron chi connectivity index (χ1n) is 15.7. The van der Waals surface area contributed by atoms with Crippen molar-refractivity contribution in [3.63, 3.8) is 0 Å². The van der Waals surface area contributed by atoms with E-state index in [1.165, 1.54) is 6.07 Å². The van der Waals surface area contributed by atoms with E-state index in [2.05, 4.69) is 0 Å². The third kappa shape index (κ3) is 6.17. The fourth-order valence-corrected chi connectivity index (χ4v) is 6.98. The predicted octanol–water partition coefficient (Wildman–Crippen LogP) is 7.24. The first kappa shape index (κ1) is 32.5. The lowest BCUT2D eigenvalue weighted by molar-refractivity contribution is -0.160. The highest BCUT2D eigenvalue weighted by Gasteiger charge is 2.36. The van der Waals surface area contributed by atoms with E-state index < -0.39 is 23.5 Å². The average molecular weight is 618 g/mol. The van der Waals surface area contributed by atoms with Gasteiger partial charge in [0, 0.05) is 24.2 Å². The Labute approximate surface area is 265 Å². The van der Waals surface area contributed by atoms with Crippen molar-refractivity contribution in [1.82, 2.24) is 4.90 Å². The summed E-state index contributed by atoms with van der Waals surface area (Å²) in [5.41, 5.74) is 8.07. The van der Waals surface area contributed by atoms with Gasteiger partial charge < -0.3 is 24.2 Å². The van der Waals surface area contributed by atoms with Crippen molar-refractivity contribution in [3.8, 4) is 22.6 Å². The SMILES string of the molecule is COc1ccc(C)cc1C(=O)N1CCc2c(C)c(-c3cc(F)c4c(c3C)CCCO4)c([C@H](OC(C)(C)C)C(=O)O)c(C)c2CC1. The maximum Gasteiger partial charge on any atom is 0.337 e. The topological polar surface area (TPSA) is 85.3 Å². The van der Waals surface area contributed by atoms with Crippen molar-refractivity contribution in [2.24, 2.45) is 0 Å². The van der Waals surface area contributed by atoms with Gasteiger partial charge in [0.2, 0.25) is 0 Å². The third-order valence-electron chi connectivity index (χ3n) is 9.12. The Hall–Kier alpha value is -3.91. The van der Waals surface area contributed by atoms with Crippen molar-refractivity contribution >= 4 is 11.9 Å². The van der Waals surface area contributed by atoms with Crippen molar-refractivity contribution in [1.29, 1.82) is 0 Å². The lowest BCUT2D eigenvalue weighted by Gasteiger charge is -2.31. The quantitative estimate of drug-likeness (QED) is 0.314. The Balaban J connectivity index is 1.70. The molecule has 0 bridgehead atoms. The molecular formula is C37H44FNO6. The molecule has 2 aliphatic rings. The second-order valence-electron chi connectivity index (χ2n) is 13.2. The van der Waals surface area contributed by atoms with Crippen LogP contribution in [0, 0.1) is 33.5 Å². The van der Waals surface area contributed by atoms with Gasteiger partial charge in [-0.1, -0.05) is 11.6 Å². The molecule has 1 atom stereocenters. The number of fused-ring (bicyclic) bond motifs is 2. The summed E-state index contributed by atoms with van der Waals surface area (Å²) in [5, 5.41) is 10.6. The van der Waals surface area contributed by atoms with Crippen LogP contribution in [0.3, 0.4) is 0 Å². The molecule has 5 rings (SSSR count). The number of hydrogen-bond donors (Lipinski definition) is 1. The van der Waals surface area contributed by atoms with Crippen LogP contribution in [0.1, 0.15) is 88.2 Å². The zero-order valence-electron chi connectivity index (χ0n) is 27.7. The highest BCUT2D eigenvalue weighted by atomic mass is 19.1. The molecule has 0 spiro atoms. The van der Waals surface area contributed by atoms with Crippen molar-refractivity contribution in [3.05, 3.63) is 80.2 Å². The van der Waals surface area contributed by atoms with E-state index in [1.807, 2.05) is 71.6 Å². The molecule has 0 radical (unpaired) electrons. The average Bonchev–Trinajstić information content (AvgIpc) is 3.23. The summed E-state index contributed by atoms with van der Waals surface area (Å²) in [7, 11) is 1.56. The number of carboxylic acid groups (broad SMARTS) is 1. The van der Waals surface area contributed by atoms with Crippen molar-refractivity contribution < 1.29 is 33.3 Å². The Morgan fingerprint density at radius 2 is 1.62 bits per heavy atom. The van der Waals surface area contributed by atoms with E-state index in [0.29, 0.717) is 67.0 Å². The van der Waals surface area contributed by atoms with E-state index >= 15 is 4.39 Å². The first-order valence-corrected chi connectivity index (χ1v) is 15.7. The molecule has 7 nitrogen and oxygen atoms in total. The van der Waals surface area contributed by atoms with Crippen LogP contribution >= 0.6 is 0 Å². The van der Waals surface area contributed by atoms with Crippen LogP contribution in [0.2, 0.25) is 0 Å². The van der Waals surface area contributed by atoms with Crippen LogP contribution < -0.4 is 9.47 Å². The molecule has 0 aromatic heterocycles. The Bertz CT molecular complexity index is 1670. The van der Waals surface area contributed by atoms with Gasteiger partial charge in [0.1, 0.15) is 5.75 Å². The smallest absolute Gasteiger partial charge is 0.337 e. The number of hydrogen-bond acceptors (Lipinski definition) is 5.